The van der Waals surface area contributed by atoms with E-state index in [2.05, 4.69) is 17.4 Å². The number of benzene rings is 3. The number of nitrogens with zero attached hydrogens (tertiary/aromatic N) is 1. The Morgan fingerprint density at radius 3 is 2.33 bits per heavy atom. The maximum atomic E-state index is 13.0. The Morgan fingerprint density at radius 2 is 1.55 bits per heavy atom. The van der Waals surface area contributed by atoms with Crippen LogP contribution < -0.4 is 10.1 Å². The van der Waals surface area contributed by atoms with Gasteiger partial charge in [0, 0.05) is 30.8 Å². The van der Waals surface area contributed by atoms with Gasteiger partial charge in [0.1, 0.15) is 5.75 Å². The summed E-state index contributed by atoms with van der Waals surface area (Å²) in [5.74, 6) is 0.310. The maximum Gasteiger partial charge on any atom is 0.259 e. The number of ether oxygens (including phenoxy) is 1. The van der Waals surface area contributed by atoms with Crippen molar-refractivity contribution in [1.82, 2.24) is 4.90 Å². The van der Waals surface area contributed by atoms with E-state index in [0.29, 0.717) is 29.2 Å². The van der Waals surface area contributed by atoms with Gasteiger partial charge >= 0.3 is 0 Å². The largest absolute Gasteiger partial charge is 0.492 e. The third-order valence-electron chi connectivity index (χ3n) is 5.88. The molecule has 4 rings (SSSR count). The van der Waals surface area contributed by atoms with E-state index in [0.717, 1.165) is 32.4 Å². The highest BCUT2D eigenvalue weighted by atomic mass is 16.5. The quantitative estimate of drug-likeness (QED) is 0.520. The van der Waals surface area contributed by atoms with Crippen LogP contribution in [-0.2, 0) is 6.42 Å². The molecule has 0 bridgehead atoms. The van der Waals surface area contributed by atoms with Gasteiger partial charge in [-0.3, -0.25) is 9.59 Å². The van der Waals surface area contributed by atoms with Crippen LogP contribution in [0.4, 0.5) is 5.69 Å². The number of rotatable bonds is 7. The standard InChI is InChI=1S/C28H30N2O3/c31-27(25-15-6-7-16-26(25)33-20-17-22-11-4-3-5-12-22)29-24-14-10-13-23(21-24)28(32)30-18-8-1-2-9-19-30/h3-7,10-16,21H,1-2,8-9,17-20H2,(H,29,31). The van der Waals surface area contributed by atoms with E-state index in [4.69, 9.17) is 4.74 Å². The Hall–Kier alpha value is -3.60. The molecule has 2 amide bonds. The number of carbonyl (C=O) groups excluding carboxylic acids is 2. The molecule has 3 aromatic rings. The summed E-state index contributed by atoms with van der Waals surface area (Å²) in [4.78, 5) is 27.9. The molecule has 1 fully saturated rings. The number of hydrogen-bond acceptors (Lipinski definition) is 3. The Bertz CT molecular complexity index is 1070. The summed E-state index contributed by atoms with van der Waals surface area (Å²) in [6.07, 6.45) is 5.20. The van der Waals surface area contributed by atoms with E-state index in [-0.39, 0.29) is 11.8 Å². The molecule has 5 nitrogen and oxygen atoms in total. The summed E-state index contributed by atoms with van der Waals surface area (Å²) in [7, 11) is 0. The van der Waals surface area contributed by atoms with E-state index in [1.54, 1.807) is 24.3 Å². The molecule has 1 N–H and O–H groups in total. The third-order valence-corrected chi connectivity index (χ3v) is 5.88. The monoisotopic (exact) mass is 442 g/mol. The van der Waals surface area contributed by atoms with Crippen LogP contribution in [0.2, 0.25) is 0 Å². The summed E-state index contributed by atoms with van der Waals surface area (Å²) < 4.78 is 5.93. The van der Waals surface area contributed by atoms with Gasteiger partial charge in [-0.2, -0.15) is 0 Å². The van der Waals surface area contributed by atoms with Crippen molar-refractivity contribution in [2.24, 2.45) is 0 Å². The van der Waals surface area contributed by atoms with Crippen LogP contribution in [0.25, 0.3) is 0 Å². The molecule has 1 heterocycles. The van der Waals surface area contributed by atoms with Crippen LogP contribution in [-0.4, -0.2) is 36.4 Å². The normalized spacial score (nSPS) is 13.8. The molecule has 1 aliphatic rings. The van der Waals surface area contributed by atoms with Gasteiger partial charge in [-0.05, 0) is 48.7 Å². The lowest BCUT2D eigenvalue weighted by atomic mass is 10.1. The second kappa shape index (κ2) is 11.3. The van der Waals surface area contributed by atoms with Crippen molar-refractivity contribution in [2.75, 3.05) is 25.0 Å². The Kier molecular flexibility index (Phi) is 7.75. The van der Waals surface area contributed by atoms with E-state index in [9.17, 15) is 9.59 Å². The summed E-state index contributed by atoms with van der Waals surface area (Å²) in [6.45, 7) is 2.07. The average Bonchev–Trinajstić information content (AvgIpc) is 3.14. The number of amides is 2. The Morgan fingerprint density at radius 1 is 0.818 bits per heavy atom. The predicted octanol–water partition coefficient (Wildman–Crippen LogP) is 5.58. The summed E-state index contributed by atoms with van der Waals surface area (Å²) in [6, 6.07) is 24.5. The molecule has 1 aliphatic heterocycles. The van der Waals surface area contributed by atoms with Crippen molar-refractivity contribution in [3.8, 4) is 5.75 Å². The lowest BCUT2D eigenvalue weighted by Gasteiger charge is -2.20. The first-order chi connectivity index (χ1) is 16.2. The van der Waals surface area contributed by atoms with Crippen molar-refractivity contribution in [3.05, 3.63) is 95.6 Å². The molecule has 0 saturated carbocycles. The number of hydrogen-bond donors (Lipinski definition) is 1. The minimum absolute atomic E-state index is 0.0256. The molecule has 0 unspecified atom stereocenters. The van der Waals surface area contributed by atoms with Crippen molar-refractivity contribution >= 4 is 17.5 Å². The first-order valence-corrected chi connectivity index (χ1v) is 11.7. The van der Waals surface area contributed by atoms with Crippen LogP contribution in [0.5, 0.6) is 5.75 Å². The maximum absolute atomic E-state index is 13.0. The molecule has 5 heteroatoms. The van der Waals surface area contributed by atoms with E-state index in [1.807, 2.05) is 47.4 Å². The van der Waals surface area contributed by atoms with Crippen LogP contribution in [0, 0.1) is 0 Å². The fourth-order valence-corrected chi connectivity index (χ4v) is 4.09. The molecular formula is C28H30N2O3. The number of anilines is 1. The molecule has 0 aliphatic carbocycles. The van der Waals surface area contributed by atoms with Gasteiger partial charge in [0.2, 0.25) is 0 Å². The molecule has 170 valence electrons. The molecule has 0 spiro atoms. The van der Waals surface area contributed by atoms with Gasteiger partial charge in [-0.15, -0.1) is 0 Å². The second-order valence-electron chi connectivity index (χ2n) is 8.32. The van der Waals surface area contributed by atoms with Crippen LogP contribution in [0.3, 0.4) is 0 Å². The first kappa shape index (κ1) is 22.6. The molecule has 3 aromatic carbocycles. The smallest absolute Gasteiger partial charge is 0.259 e. The van der Waals surface area contributed by atoms with Crippen molar-refractivity contribution < 1.29 is 14.3 Å². The molecule has 1 saturated heterocycles. The SMILES string of the molecule is O=C(Nc1cccc(C(=O)N2CCCCCC2)c1)c1ccccc1OCCc1ccccc1. The van der Waals surface area contributed by atoms with E-state index in [1.165, 1.54) is 18.4 Å². The van der Waals surface area contributed by atoms with Gasteiger partial charge < -0.3 is 15.0 Å². The van der Waals surface area contributed by atoms with Crippen LogP contribution >= 0.6 is 0 Å². The zero-order valence-electron chi connectivity index (χ0n) is 18.8. The number of para-hydroxylation sites is 1. The molecular weight excluding hydrogens is 412 g/mol. The Balaban J connectivity index is 1.41. The first-order valence-electron chi connectivity index (χ1n) is 11.7. The Labute approximate surface area is 195 Å². The minimum atomic E-state index is -0.260. The van der Waals surface area contributed by atoms with Crippen LogP contribution in [0.1, 0.15) is 52.0 Å². The van der Waals surface area contributed by atoms with Gasteiger partial charge in [-0.25, -0.2) is 0 Å². The van der Waals surface area contributed by atoms with Gasteiger partial charge in [-0.1, -0.05) is 61.4 Å². The zero-order valence-corrected chi connectivity index (χ0v) is 18.8. The predicted molar refractivity (Wildman–Crippen MR) is 131 cm³/mol. The fourth-order valence-electron chi connectivity index (χ4n) is 4.09. The topological polar surface area (TPSA) is 58.6 Å². The second-order valence-corrected chi connectivity index (χ2v) is 8.32. The van der Waals surface area contributed by atoms with Crippen molar-refractivity contribution in [3.63, 3.8) is 0 Å². The number of carbonyl (C=O) groups is 2. The van der Waals surface area contributed by atoms with Crippen molar-refractivity contribution in [2.45, 2.75) is 32.1 Å². The number of nitrogens with one attached hydrogen (secondary N) is 1. The highest BCUT2D eigenvalue weighted by Crippen LogP contribution is 2.21. The highest BCUT2D eigenvalue weighted by Gasteiger charge is 2.18. The van der Waals surface area contributed by atoms with Gasteiger partial charge in [0.05, 0.1) is 12.2 Å². The summed E-state index contributed by atoms with van der Waals surface area (Å²) in [5.41, 5.74) is 2.85. The number of likely N-dealkylation sites (tertiary alicyclic amines) is 1. The lowest BCUT2D eigenvalue weighted by molar-refractivity contribution is 0.0761. The third kappa shape index (κ3) is 6.22. The summed E-state index contributed by atoms with van der Waals surface area (Å²) in [5, 5.41) is 2.93. The molecule has 0 aromatic heterocycles. The van der Waals surface area contributed by atoms with Gasteiger partial charge in [0.15, 0.2) is 0 Å². The highest BCUT2D eigenvalue weighted by molar-refractivity contribution is 6.06. The molecule has 0 atom stereocenters. The average molecular weight is 443 g/mol. The minimum Gasteiger partial charge on any atom is -0.492 e. The molecule has 33 heavy (non-hydrogen) atoms. The fraction of sp³-hybridized carbons (Fsp3) is 0.286. The van der Waals surface area contributed by atoms with Crippen molar-refractivity contribution in [1.29, 1.82) is 0 Å². The molecule has 0 radical (unpaired) electrons. The lowest BCUT2D eigenvalue weighted by Crippen LogP contribution is -2.31. The van der Waals surface area contributed by atoms with E-state index >= 15 is 0 Å². The van der Waals surface area contributed by atoms with Crippen LogP contribution in [0.15, 0.2) is 78.9 Å². The van der Waals surface area contributed by atoms with E-state index < -0.39 is 0 Å². The zero-order chi connectivity index (χ0) is 22.9. The van der Waals surface area contributed by atoms with Gasteiger partial charge in [0.25, 0.3) is 11.8 Å². The summed E-state index contributed by atoms with van der Waals surface area (Å²) >= 11 is 0.